The number of rotatable bonds is 4. The zero-order valence-corrected chi connectivity index (χ0v) is 18.4. The van der Waals surface area contributed by atoms with Crippen molar-refractivity contribution in [3.8, 4) is 0 Å². The van der Waals surface area contributed by atoms with Gasteiger partial charge < -0.3 is 20.3 Å². The standard InChI is InChI=1S/C22H18Cl2FN3O4/c1-10-20-11(4-12(23)5-16(20)24)2-3-28(10)19(29)9-26-18-7-13-14(6-17(18)25)21(30)27-8-15(13)22(31)32/h4-8,10,26H,2-3,9H2,1H3,(H,27,30)(H,31,32)/t10-/m0/s1. The number of H-pyrrole nitrogens is 1. The van der Waals surface area contributed by atoms with Crippen LogP contribution in [-0.4, -0.2) is 40.0 Å². The van der Waals surface area contributed by atoms with Gasteiger partial charge in [-0.3, -0.25) is 9.59 Å². The van der Waals surface area contributed by atoms with Crippen molar-refractivity contribution >= 4 is 51.5 Å². The van der Waals surface area contributed by atoms with E-state index in [0.29, 0.717) is 23.0 Å². The number of fused-ring (bicyclic) bond motifs is 2. The highest BCUT2D eigenvalue weighted by atomic mass is 35.5. The van der Waals surface area contributed by atoms with Crippen molar-refractivity contribution < 1.29 is 19.1 Å². The summed E-state index contributed by atoms with van der Waals surface area (Å²) in [6.45, 7) is 2.08. The molecular weight excluding hydrogens is 460 g/mol. The third-order valence-corrected chi connectivity index (χ3v) is 6.19. The fraction of sp³-hybridized carbons (Fsp3) is 0.227. The Morgan fingerprint density at radius 2 is 2.00 bits per heavy atom. The minimum absolute atomic E-state index is 0.0709. The van der Waals surface area contributed by atoms with E-state index in [1.54, 1.807) is 11.0 Å². The molecule has 0 radical (unpaired) electrons. The van der Waals surface area contributed by atoms with Gasteiger partial charge in [-0.05, 0) is 48.7 Å². The van der Waals surface area contributed by atoms with Crippen molar-refractivity contribution in [2.75, 3.05) is 18.4 Å². The van der Waals surface area contributed by atoms with Gasteiger partial charge in [0.25, 0.3) is 5.56 Å². The number of carbonyl (C=O) groups is 2. The second-order valence-electron chi connectivity index (χ2n) is 7.54. The molecule has 10 heteroatoms. The molecule has 4 rings (SSSR count). The largest absolute Gasteiger partial charge is 0.478 e. The molecule has 0 saturated carbocycles. The van der Waals surface area contributed by atoms with Crippen LogP contribution in [-0.2, 0) is 11.2 Å². The number of nitrogens with one attached hydrogen (secondary N) is 2. The smallest absolute Gasteiger partial charge is 0.337 e. The molecule has 0 fully saturated rings. The van der Waals surface area contributed by atoms with Crippen LogP contribution in [0.4, 0.5) is 10.1 Å². The number of carbonyl (C=O) groups excluding carboxylic acids is 1. The van der Waals surface area contributed by atoms with E-state index in [1.807, 2.05) is 13.0 Å². The summed E-state index contributed by atoms with van der Waals surface area (Å²) in [5, 5.41) is 13.1. The molecule has 0 unspecified atom stereocenters. The maximum absolute atomic E-state index is 14.6. The van der Waals surface area contributed by atoms with Gasteiger partial charge in [-0.15, -0.1) is 0 Å². The fourth-order valence-corrected chi connectivity index (χ4v) is 4.80. The third-order valence-electron chi connectivity index (χ3n) is 5.66. The number of halogens is 3. The number of hydrogen-bond donors (Lipinski definition) is 3. The van der Waals surface area contributed by atoms with Gasteiger partial charge in [-0.1, -0.05) is 23.2 Å². The zero-order valence-electron chi connectivity index (χ0n) is 16.8. The average molecular weight is 478 g/mol. The molecule has 0 bridgehead atoms. The first kappa shape index (κ1) is 22.1. The Kier molecular flexibility index (Phi) is 5.83. The lowest BCUT2D eigenvalue weighted by Gasteiger charge is -2.36. The van der Waals surface area contributed by atoms with Crippen LogP contribution in [0, 0.1) is 5.82 Å². The quantitative estimate of drug-likeness (QED) is 0.521. The number of carboxylic acids is 1. The predicted octanol–water partition coefficient (Wildman–Crippen LogP) is 4.23. The van der Waals surface area contributed by atoms with Crippen LogP contribution in [0.1, 0.15) is 34.5 Å². The van der Waals surface area contributed by atoms with Crippen molar-refractivity contribution in [2.24, 2.45) is 0 Å². The van der Waals surface area contributed by atoms with Crippen molar-refractivity contribution in [1.29, 1.82) is 0 Å². The molecule has 0 saturated heterocycles. The molecule has 1 aliphatic heterocycles. The molecule has 0 spiro atoms. The van der Waals surface area contributed by atoms with Gasteiger partial charge in [-0.2, -0.15) is 0 Å². The normalized spacial score (nSPS) is 15.5. The van der Waals surface area contributed by atoms with Crippen molar-refractivity contribution in [3.05, 3.63) is 73.4 Å². The molecule has 166 valence electrons. The lowest BCUT2D eigenvalue weighted by Crippen LogP contribution is -2.42. The van der Waals surface area contributed by atoms with E-state index < -0.39 is 17.3 Å². The van der Waals surface area contributed by atoms with E-state index in [1.165, 1.54) is 6.07 Å². The summed E-state index contributed by atoms with van der Waals surface area (Å²) in [5.41, 5.74) is 0.957. The molecule has 2 heterocycles. The molecule has 1 atom stereocenters. The molecule has 2 aromatic carbocycles. The van der Waals surface area contributed by atoms with Gasteiger partial charge in [0.2, 0.25) is 5.91 Å². The topological polar surface area (TPSA) is 102 Å². The Bertz CT molecular complexity index is 1320. The van der Waals surface area contributed by atoms with Crippen LogP contribution in [0.15, 0.2) is 35.3 Å². The molecule has 1 aromatic heterocycles. The Morgan fingerprint density at radius 1 is 1.25 bits per heavy atom. The number of aromatic amines is 1. The highest BCUT2D eigenvalue weighted by Gasteiger charge is 2.29. The van der Waals surface area contributed by atoms with E-state index in [-0.39, 0.29) is 40.5 Å². The Hall–Kier alpha value is -3.10. The van der Waals surface area contributed by atoms with E-state index in [9.17, 15) is 23.9 Å². The van der Waals surface area contributed by atoms with E-state index in [0.717, 1.165) is 23.4 Å². The third kappa shape index (κ3) is 3.91. The van der Waals surface area contributed by atoms with Gasteiger partial charge in [0.05, 0.1) is 29.2 Å². The minimum atomic E-state index is -1.27. The molecule has 7 nitrogen and oxygen atoms in total. The van der Waals surface area contributed by atoms with Gasteiger partial charge in [0.15, 0.2) is 0 Å². The van der Waals surface area contributed by atoms with E-state index in [2.05, 4.69) is 10.3 Å². The van der Waals surface area contributed by atoms with Crippen LogP contribution < -0.4 is 10.9 Å². The molecule has 32 heavy (non-hydrogen) atoms. The summed E-state index contributed by atoms with van der Waals surface area (Å²) in [4.78, 5) is 40.2. The molecule has 0 aliphatic carbocycles. The number of carboxylic acid groups (broad SMARTS) is 1. The number of nitrogens with zero attached hydrogens (tertiary/aromatic N) is 1. The lowest BCUT2D eigenvalue weighted by atomic mass is 9.93. The van der Waals surface area contributed by atoms with Crippen LogP contribution in [0.2, 0.25) is 10.0 Å². The predicted molar refractivity (Wildman–Crippen MR) is 120 cm³/mol. The highest BCUT2D eigenvalue weighted by Crippen LogP contribution is 2.37. The SMILES string of the molecule is C[C@H]1c2c(Cl)cc(Cl)cc2CCN1C(=O)CNc1cc2c(C(=O)O)c[nH]c(=O)c2cc1F. The van der Waals surface area contributed by atoms with Crippen LogP contribution in [0.5, 0.6) is 0 Å². The number of hydrogen-bond acceptors (Lipinski definition) is 4. The van der Waals surface area contributed by atoms with Crippen LogP contribution in [0.3, 0.4) is 0 Å². The van der Waals surface area contributed by atoms with Crippen molar-refractivity contribution in [3.63, 3.8) is 0 Å². The van der Waals surface area contributed by atoms with Gasteiger partial charge in [0, 0.05) is 28.2 Å². The Labute approximate surface area is 191 Å². The number of aromatic nitrogens is 1. The minimum Gasteiger partial charge on any atom is -0.478 e. The number of amides is 1. The maximum atomic E-state index is 14.6. The van der Waals surface area contributed by atoms with Gasteiger partial charge in [0.1, 0.15) is 5.82 Å². The van der Waals surface area contributed by atoms with Gasteiger partial charge >= 0.3 is 5.97 Å². The lowest BCUT2D eigenvalue weighted by molar-refractivity contribution is -0.131. The molecule has 1 amide bonds. The van der Waals surface area contributed by atoms with E-state index >= 15 is 0 Å². The number of anilines is 1. The molecule has 3 aromatic rings. The second kappa shape index (κ2) is 8.44. The summed E-state index contributed by atoms with van der Waals surface area (Å²) < 4.78 is 14.6. The highest BCUT2D eigenvalue weighted by molar-refractivity contribution is 6.35. The first-order valence-corrected chi connectivity index (χ1v) is 10.5. The van der Waals surface area contributed by atoms with Gasteiger partial charge in [-0.25, -0.2) is 9.18 Å². The van der Waals surface area contributed by atoms with Crippen molar-refractivity contribution in [1.82, 2.24) is 9.88 Å². The number of aromatic carboxylic acids is 1. The van der Waals surface area contributed by atoms with Crippen LogP contribution in [0.25, 0.3) is 10.8 Å². The van der Waals surface area contributed by atoms with Crippen LogP contribution >= 0.6 is 23.2 Å². The summed E-state index contributed by atoms with van der Waals surface area (Å²) in [6.07, 6.45) is 1.64. The fourth-order valence-electron chi connectivity index (χ4n) is 4.11. The maximum Gasteiger partial charge on any atom is 0.337 e. The van der Waals surface area contributed by atoms with Crippen molar-refractivity contribution in [2.45, 2.75) is 19.4 Å². The monoisotopic (exact) mass is 477 g/mol. The summed E-state index contributed by atoms with van der Waals surface area (Å²) in [7, 11) is 0. The summed E-state index contributed by atoms with van der Waals surface area (Å²) in [5.74, 6) is -2.32. The zero-order chi connectivity index (χ0) is 23.2. The molecule has 1 aliphatic rings. The number of pyridine rings is 1. The second-order valence-corrected chi connectivity index (χ2v) is 8.38. The molecule has 3 N–H and O–H groups in total. The Balaban J connectivity index is 1.58. The summed E-state index contributed by atoms with van der Waals surface area (Å²) >= 11 is 12.4. The first-order chi connectivity index (χ1) is 15.2. The first-order valence-electron chi connectivity index (χ1n) is 9.76. The Morgan fingerprint density at radius 3 is 2.72 bits per heavy atom. The number of benzene rings is 2. The van der Waals surface area contributed by atoms with E-state index in [4.69, 9.17) is 23.2 Å². The summed E-state index contributed by atoms with van der Waals surface area (Å²) in [6, 6.07) is 5.36. The molecular formula is C22H18Cl2FN3O4. The average Bonchev–Trinajstić information content (AvgIpc) is 2.72.